The molecule has 7 heteroatoms. The average Bonchev–Trinajstić information content (AvgIpc) is 2.78. The van der Waals surface area contributed by atoms with Crippen molar-refractivity contribution in [1.29, 1.82) is 0 Å². The fraction of sp³-hybridized carbons (Fsp3) is 0.391. The van der Waals surface area contributed by atoms with Crippen LogP contribution in [-0.4, -0.2) is 63.7 Å². The molecule has 160 valence electrons. The van der Waals surface area contributed by atoms with Crippen LogP contribution >= 0.6 is 0 Å². The number of nitrogens with zero attached hydrogens (tertiary/aromatic N) is 2. The van der Waals surface area contributed by atoms with Gasteiger partial charge in [0.25, 0.3) is 11.8 Å². The number of benzene rings is 2. The second kappa shape index (κ2) is 10.0. The third kappa shape index (κ3) is 5.65. The van der Waals surface area contributed by atoms with Crippen molar-refractivity contribution in [1.82, 2.24) is 10.2 Å². The molecule has 0 unspecified atom stereocenters. The third-order valence-corrected chi connectivity index (χ3v) is 5.23. The van der Waals surface area contributed by atoms with Crippen molar-refractivity contribution in [2.75, 3.05) is 45.8 Å². The van der Waals surface area contributed by atoms with E-state index in [1.807, 2.05) is 12.1 Å². The Balaban J connectivity index is 1.50. The largest absolute Gasteiger partial charge is 0.497 e. The van der Waals surface area contributed by atoms with Crippen LogP contribution in [0.25, 0.3) is 0 Å². The number of amides is 2. The molecule has 2 amide bonds. The SMILES string of the molecule is COc1ccc(N2CCC(NC(=O)c3cccc(OCC(=O)N(C)C)c3)CC2)cc1. The summed E-state index contributed by atoms with van der Waals surface area (Å²) in [5.41, 5.74) is 1.69. The number of carbonyl (C=O) groups excluding carboxylic acids is 2. The van der Waals surface area contributed by atoms with E-state index in [9.17, 15) is 9.59 Å². The molecule has 7 nitrogen and oxygen atoms in total. The number of rotatable bonds is 7. The monoisotopic (exact) mass is 411 g/mol. The second-order valence-electron chi connectivity index (χ2n) is 7.54. The maximum Gasteiger partial charge on any atom is 0.259 e. The van der Waals surface area contributed by atoms with E-state index >= 15 is 0 Å². The Morgan fingerprint density at radius 1 is 1.07 bits per heavy atom. The lowest BCUT2D eigenvalue weighted by Crippen LogP contribution is -2.44. The summed E-state index contributed by atoms with van der Waals surface area (Å²) < 4.78 is 10.7. The van der Waals surface area contributed by atoms with E-state index in [2.05, 4.69) is 22.3 Å². The van der Waals surface area contributed by atoms with Gasteiger partial charge in [0.1, 0.15) is 11.5 Å². The summed E-state index contributed by atoms with van der Waals surface area (Å²) in [6.45, 7) is 1.71. The van der Waals surface area contributed by atoms with Crippen LogP contribution in [0, 0.1) is 0 Å². The highest BCUT2D eigenvalue weighted by Gasteiger charge is 2.21. The summed E-state index contributed by atoms with van der Waals surface area (Å²) in [4.78, 5) is 28.1. The molecule has 1 fully saturated rings. The van der Waals surface area contributed by atoms with E-state index < -0.39 is 0 Å². The van der Waals surface area contributed by atoms with Crippen molar-refractivity contribution < 1.29 is 19.1 Å². The quantitative estimate of drug-likeness (QED) is 0.758. The Hall–Kier alpha value is -3.22. The van der Waals surface area contributed by atoms with E-state index in [1.165, 1.54) is 4.90 Å². The summed E-state index contributed by atoms with van der Waals surface area (Å²) in [5.74, 6) is 1.10. The van der Waals surface area contributed by atoms with Gasteiger partial charge in [0.15, 0.2) is 6.61 Å². The van der Waals surface area contributed by atoms with E-state index in [1.54, 1.807) is 45.5 Å². The minimum atomic E-state index is -0.131. The molecule has 1 saturated heterocycles. The zero-order chi connectivity index (χ0) is 21.5. The Kier molecular flexibility index (Phi) is 7.17. The summed E-state index contributed by atoms with van der Waals surface area (Å²) in [6, 6.07) is 15.1. The summed E-state index contributed by atoms with van der Waals surface area (Å²) in [7, 11) is 5.01. The second-order valence-corrected chi connectivity index (χ2v) is 7.54. The number of likely N-dealkylation sites (N-methyl/N-ethyl adjacent to an activating group) is 1. The van der Waals surface area contributed by atoms with Crippen LogP contribution in [0.4, 0.5) is 5.69 Å². The van der Waals surface area contributed by atoms with E-state index in [4.69, 9.17) is 9.47 Å². The van der Waals surface area contributed by atoms with Crippen molar-refractivity contribution in [3.63, 3.8) is 0 Å². The number of hydrogen-bond donors (Lipinski definition) is 1. The van der Waals surface area contributed by atoms with Crippen LogP contribution in [0.1, 0.15) is 23.2 Å². The first-order chi connectivity index (χ1) is 14.5. The molecule has 0 spiro atoms. The van der Waals surface area contributed by atoms with Gasteiger partial charge in [-0.1, -0.05) is 6.07 Å². The minimum absolute atomic E-state index is 0.0537. The van der Waals surface area contributed by atoms with Gasteiger partial charge in [-0.2, -0.15) is 0 Å². The van der Waals surface area contributed by atoms with Crippen molar-refractivity contribution in [2.24, 2.45) is 0 Å². The number of methoxy groups -OCH3 is 1. The Bertz CT molecular complexity index is 859. The van der Waals surface area contributed by atoms with Crippen molar-refractivity contribution in [3.8, 4) is 11.5 Å². The van der Waals surface area contributed by atoms with Gasteiger partial charge in [0.05, 0.1) is 7.11 Å². The Morgan fingerprint density at radius 2 is 1.77 bits per heavy atom. The lowest BCUT2D eigenvalue weighted by atomic mass is 10.0. The van der Waals surface area contributed by atoms with Gasteiger partial charge in [0, 0.05) is 44.5 Å². The predicted molar refractivity (Wildman–Crippen MR) is 116 cm³/mol. The zero-order valence-electron chi connectivity index (χ0n) is 17.8. The average molecular weight is 412 g/mol. The van der Waals surface area contributed by atoms with Gasteiger partial charge in [-0.05, 0) is 55.3 Å². The fourth-order valence-corrected chi connectivity index (χ4v) is 3.35. The molecule has 2 aromatic rings. The maximum absolute atomic E-state index is 12.7. The molecule has 1 heterocycles. The summed E-state index contributed by atoms with van der Waals surface area (Å²) in [6.07, 6.45) is 1.76. The Labute approximate surface area is 177 Å². The van der Waals surface area contributed by atoms with Crippen LogP contribution in [0.3, 0.4) is 0 Å². The van der Waals surface area contributed by atoms with E-state index in [0.29, 0.717) is 11.3 Å². The number of nitrogens with one attached hydrogen (secondary N) is 1. The number of piperidine rings is 1. The molecule has 0 aromatic heterocycles. The van der Waals surface area contributed by atoms with Crippen molar-refractivity contribution in [2.45, 2.75) is 18.9 Å². The van der Waals surface area contributed by atoms with Crippen LogP contribution in [0.15, 0.2) is 48.5 Å². The zero-order valence-corrected chi connectivity index (χ0v) is 17.8. The first-order valence-electron chi connectivity index (χ1n) is 10.1. The van der Waals surface area contributed by atoms with Crippen LogP contribution in [0.2, 0.25) is 0 Å². The summed E-state index contributed by atoms with van der Waals surface area (Å²) in [5, 5.41) is 3.12. The van der Waals surface area contributed by atoms with Crippen molar-refractivity contribution in [3.05, 3.63) is 54.1 Å². The van der Waals surface area contributed by atoms with E-state index in [-0.39, 0.29) is 24.5 Å². The lowest BCUT2D eigenvalue weighted by Gasteiger charge is -2.34. The molecule has 2 aromatic carbocycles. The van der Waals surface area contributed by atoms with Crippen LogP contribution < -0.4 is 19.7 Å². The van der Waals surface area contributed by atoms with Crippen LogP contribution in [0.5, 0.6) is 11.5 Å². The molecular formula is C23H29N3O4. The predicted octanol–water partition coefficient (Wildman–Crippen LogP) is 2.56. The van der Waals surface area contributed by atoms with Crippen LogP contribution in [-0.2, 0) is 4.79 Å². The van der Waals surface area contributed by atoms with Gasteiger partial charge >= 0.3 is 0 Å². The maximum atomic E-state index is 12.7. The van der Waals surface area contributed by atoms with E-state index in [0.717, 1.165) is 37.4 Å². The third-order valence-electron chi connectivity index (χ3n) is 5.23. The van der Waals surface area contributed by atoms with Crippen molar-refractivity contribution >= 4 is 17.5 Å². The normalized spacial score (nSPS) is 14.2. The Morgan fingerprint density at radius 3 is 2.40 bits per heavy atom. The molecule has 0 atom stereocenters. The van der Waals surface area contributed by atoms with Gasteiger partial charge < -0.3 is 24.6 Å². The molecular weight excluding hydrogens is 382 g/mol. The number of carbonyl (C=O) groups is 2. The molecule has 0 radical (unpaired) electrons. The molecule has 0 saturated carbocycles. The highest BCUT2D eigenvalue weighted by Crippen LogP contribution is 2.23. The standard InChI is InChI=1S/C23H29N3O4/c1-25(2)22(27)16-30-21-6-4-5-17(15-21)23(28)24-18-11-13-26(14-12-18)19-7-9-20(29-3)10-8-19/h4-10,15,18H,11-14,16H2,1-3H3,(H,24,28). The lowest BCUT2D eigenvalue weighted by molar-refractivity contribution is -0.130. The van der Waals surface area contributed by atoms with Gasteiger partial charge in [-0.15, -0.1) is 0 Å². The molecule has 1 aliphatic rings. The van der Waals surface area contributed by atoms with Gasteiger partial charge in [-0.25, -0.2) is 0 Å². The first-order valence-corrected chi connectivity index (χ1v) is 10.1. The van der Waals surface area contributed by atoms with Gasteiger partial charge in [0.2, 0.25) is 0 Å². The molecule has 3 rings (SSSR count). The minimum Gasteiger partial charge on any atom is -0.497 e. The highest BCUT2D eigenvalue weighted by molar-refractivity contribution is 5.94. The van der Waals surface area contributed by atoms with Gasteiger partial charge in [-0.3, -0.25) is 9.59 Å². The number of ether oxygens (including phenoxy) is 2. The molecule has 30 heavy (non-hydrogen) atoms. The first kappa shape index (κ1) is 21.5. The topological polar surface area (TPSA) is 71.1 Å². The molecule has 0 aliphatic carbocycles. The molecule has 1 N–H and O–H groups in total. The highest BCUT2D eigenvalue weighted by atomic mass is 16.5. The number of hydrogen-bond acceptors (Lipinski definition) is 5. The molecule has 0 bridgehead atoms. The fourth-order valence-electron chi connectivity index (χ4n) is 3.35. The number of anilines is 1. The summed E-state index contributed by atoms with van der Waals surface area (Å²) >= 11 is 0. The smallest absolute Gasteiger partial charge is 0.259 e. The molecule has 1 aliphatic heterocycles.